The molecule has 0 aromatic rings. The Bertz CT molecular complexity index is 234. The maximum Gasteiger partial charge on any atom is 0.306 e. The third kappa shape index (κ3) is 2.51. The molecule has 2 fully saturated rings. The second-order valence-corrected chi connectivity index (χ2v) is 5.26. The van der Waals surface area contributed by atoms with E-state index < -0.39 is 5.97 Å². The average Bonchev–Trinajstić information content (AvgIpc) is 2.65. The molecule has 0 amide bonds. The van der Waals surface area contributed by atoms with E-state index in [1.165, 1.54) is 19.5 Å². The summed E-state index contributed by atoms with van der Waals surface area (Å²) >= 11 is 0. The molecule has 1 unspecified atom stereocenters. The van der Waals surface area contributed by atoms with Crippen LogP contribution in [0.4, 0.5) is 0 Å². The summed E-state index contributed by atoms with van der Waals surface area (Å²) in [5.74, 6) is 0.993. The van der Waals surface area contributed by atoms with Crippen LogP contribution < -0.4 is 0 Å². The number of carbonyl (C=O) groups is 1. The average molecular weight is 211 g/mol. The molecule has 1 heterocycles. The zero-order chi connectivity index (χ0) is 10.8. The van der Waals surface area contributed by atoms with E-state index in [9.17, 15) is 4.79 Å². The molecule has 1 aliphatic carbocycles. The SMILES string of the molecule is CN1CCC(C2CCC(C(=O)O)CC2)C1. The third-order valence-corrected chi connectivity index (χ3v) is 4.22. The van der Waals surface area contributed by atoms with Gasteiger partial charge in [-0.3, -0.25) is 4.79 Å². The zero-order valence-electron chi connectivity index (χ0n) is 9.48. The lowest BCUT2D eigenvalue weighted by molar-refractivity contribution is -0.143. The first-order valence-corrected chi connectivity index (χ1v) is 6.08. The predicted molar refractivity (Wildman–Crippen MR) is 58.7 cm³/mol. The highest BCUT2D eigenvalue weighted by molar-refractivity contribution is 5.69. The second-order valence-electron chi connectivity index (χ2n) is 5.26. The van der Waals surface area contributed by atoms with Crippen molar-refractivity contribution < 1.29 is 9.90 Å². The molecule has 0 aromatic carbocycles. The van der Waals surface area contributed by atoms with Crippen LogP contribution in [0.3, 0.4) is 0 Å². The van der Waals surface area contributed by atoms with Crippen molar-refractivity contribution in [1.82, 2.24) is 4.90 Å². The van der Waals surface area contributed by atoms with Crippen molar-refractivity contribution in [1.29, 1.82) is 0 Å². The molecule has 3 heteroatoms. The molecule has 2 aliphatic rings. The van der Waals surface area contributed by atoms with E-state index in [1.54, 1.807) is 0 Å². The molecule has 1 atom stereocenters. The number of likely N-dealkylation sites (tertiary alicyclic amines) is 1. The van der Waals surface area contributed by atoms with Crippen LogP contribution in [0.25, 0.3) is 0 Å². The third-order valence-electron chi connectivity index (χ3n) is 4.22. The standard InChI is InChI=1S/C12H21NO2/c1-13-7-6-11(8-13)9-2-4-10(5-3-9)12(14)15/h9-11H,2-8H2,1H3,(H,14,15). The minimum absolute atomic E-state index is 0.0552. The van der Waals surface area contributed by atoms with Gasteiger partial charge in [0.15, 0.2) is 0 Å². The quantitative estimate of drug-likeness (QED) is 0.757. The van der Waals surface area contributed by atoms with Gasteiger partial charge < -0.3 is 10.0 Å². The minimum Gasteiger partial charge on any atom is -0.481 e. The Hall–Kier alpha value is -0.570. The Morgan fingerprint density at radius 2 is 1.80 bits per heavy atom. The topological polar surface area (TPSA) is 40.5 Å². The van der Waals surface area contributed by atoms with Crippen molar-refractivity contribution in [2.45, 2.75) is 32.1 Å². The predicted octanol–water partition coefficient (Wildman–Crippen LogP) is 1.83. The van der Waals surface area contributed by atoms with Crippen LogP contribution in [0.2, 0.25) is 0 Å². The largest absolute Gasteiger partial charge is 0.481 e. The first-order valence-electron chi connectivity index (χ1n) is 6.08. The van der Waals surface area contributed by atoms with E-state index in [2.05, 4.69) is 11.9 Å². The highest BCUT2D eigenvalue weighted by Crippen LogP contribution is 2.37. The van der Waals surface area contributed by atoms with Crippen molar-refractivity contribution in [2.24, 2.45) is 17.8 Å². The van der Waals surface area contributed by atoms with Crippen molar-refractivity contribution in [3.8, 4) is 0 Å². The molecule has 1 saturated carbocycles. The Morgan fingerprint density at radius 3 is 2.27 bits per heavy atom. The van der Waals surface area contributed by atoms with Gasteiger partial charge in [0.1, 0.15) is 0 Å². The molecule has 86 valence electrons. The van der Waals surface area contributed by atoms with E-state index in [4.69, 9.17) is 5.11 Å². The fourth-order valence-corrected chi connectivity index (χ4v) is 3.19. The van der Waals surface area contributed by atoms with Gasteiger partial charge in [-0.05, 0) is 57.5 Å². The highest BCUT2D eigenvalue weighted by atomic mass is 16.4. The normalized spacial score (nSPS) is 38.1. The lowest BCUT2D eigenvalue weighted by Crippen LogP contribution is -2.27. The van der Waals surface area contributed by atoms with Crippen LogP contribution in [-0.2, 0) is 4.79 Å². The molecule has 0 aromatic heterocycles. The molecule has 0 radical (unpaired) electrons. The van der Waals surface area contributed by atoms with Crippen LogP contribution in [0.15, 0.2) is 0 Å². The maximum absolute atomic E-state index is 10.8. The van der Waals surface area contributed by atoms with E-state index in [0.717, 1.165) is 37.5 Å². The first-order chi connectivity index (χ1) is 7.16. The monoisotopic (exact) mass is 211 g/mol. The van der Waals surface area contributed by atoms with Crippen LogP contribution in [-0.4, -0.2) is 36.1 Å². The summed E-state index contributed by atoms with van der Waals surface area (Å²) in [5.41, 5.74) is 0. The first kappa shape index (κ1) is 10.9. The smallest absolute Gasteiger partial charge is 0.306 e. The van der Waals surface area contributed by atoms with Gasteiger partial charge in [-0.15, -0.1) is 0 Å². The Labute approximate surface area is 91.5 Å². The van der Waals surface area contributed by atoms with Crippen molar-refractivity contribution >= 4 is 5.97 Å². The number of rotatable bonds is 2. The molecular formula is C12H21NO2. The van der Waals surface area contributed by atoms with E-state index in [1.807, 2.05) is 0 Å². The summed E-state index contributed by atoms with van der Waals surface area (Å²) in [6.45, 7) is 2.45. The van der Waals surface area contributed by atoms with Crippen molar-refractivity contribution in [2.75, 3.05) is 20.1 Å². The van der Waals surface area contributed by atoms with Gasteiger partial charge in [0.2, 0.25) is 0 Å². The molecule has 2 rings (SSSR count). The lowest BCUT2D eigenvalue weighted by atomic mass is 9.75. The number of hydrogen-bond acceptors (Lipinski definition) is 2. The van der Waals surface area contributed by atoms with Gasteiger partial charge in [-0.1, -0.05) is 0 Å². The number of aliphatic carboxylic acids is 1. The van der Waals surface area contributed by atoms with Gasteiger partial charge in [-0.2, -0.15) is 0 Å². The van der Waals surface area contributed by atoms with Crippen LogP contribution in [0, 0.1) is 17.8 Å². The Morgan fingerprint density at radius 1 is 1.13 bits per heavy atom. The molecule has 3 nitrogen and oxygen atoms in total. The molecule has 15 heavy (non-hydrogen) atoms. The lowest BCUT2D eigenvalue weighted by Gasteiger charge is -2.30. The van der Waals surface area contributed by atoms with Crippen molar-refractivity contribution in [3.05, 3.63) is 0 Å². The molecule has 1 aliphatic heterocycles. The molecular weight excluding hydrogens is 190 g/mol. The summed E-state index contributed by atoms with van der Waals surface area (Å²) in [7, 11) is 2.18. The summed E-state index contributed by atoms with van der Waals surface area (Å²) in [6.07, 6.45) is 5.39. The van der Waals surface area contributed by atoms with E-state index in [-0.39, 0.29) is 5.92 Å². The van der Waals surface area contributed by atoms with E-state index in [0.29, 0.717) is 0 Å². The number of carboxylic acids is 1. The number of nitrogens with zero attached hydrogens (tertiary/aromatic N) is 1. The maximum atomic E-state index is 10.8. The fraction of sp³-hybridized carbons (Fsp3) is 0.917. The fourth-order valence-electron chi connectivity index (χ4n) is 3.19. The van der Waals surface area contributed by atoms with Crippen molar-refractivity contribution in [3.63, 3.8) is 0 Å². The van der Waals surface area contributed by atoms with Gasteiger partial charge >= 0.3 is 5.97 Å². The summed E-state index contributed by atoms with van der Waals surface area (Å²) in [5, 5.41) is 8.92. The van der Waals surface area contributed by atoms with Crippen LogP contribution in [0.5, 0.6) is 0 Å². The molecule has 1 N–H and O–H groups in total. The Kier molecular flexibility index (Phi) is 3.29. The van der Waals surface area contributed by atoms with Gasteiger partial charge in [-0.25, -0.2) is 0 Å². The summed E-state index contributed by atoms with van der Waals surface area (Å²) in [6, 6.07) is 0. The summed E-state index contributed by atoms with van der Waals surface area (Å²) in [4.78, 5) is 13.2. The summed E-state index contributed by atoms with van der Waals surface area (Å²) < 4.78 is 0. The molecule has 0 spiro atoms. The van der Waals surface area contributed by atoms with Gasteiger partial charge in [0.25, 0.3) is 0 Å². The van der Waals surface area contributed by atoms with E-state index >= 15 is 0 Å². The molecule has 0 bridgehead atoms. The van der Waals surface area contributed by atoms with Gasteiger partial charge in [0.05, 0.1) is 5.92 Å². The zero-order valence-corrected chi connectivity index (χ0v) is 9.48. The number of hydrogen-bond donors (Lipinski definition) is 1. The van der Waals surface area contributed by atoms with Crippen LogP contribution in [0.1, 0.15) is 32.1 Å². The number of carboxylic acid groups (broad SMARTS) is 1. The minimum atomic E-state index is -0.586. The molecule has 1 saturated heterocycles. The second kappa shape index (κ2) is 4.52. The van der Waals surface area contributed by atoms with Gasteiger partial charge in [0, 0.05) is 6.54 Å². The Balaban J connectivity index is 1.80. The highest BCUT2D eigenvalue weighted by Gasteiger charge is 2.32. The van der Waals surface area contributed by atoms with Crippen LogP contribution >= 0.6 is 0 Å².